The van der Waals surface area contributed by atoms with Gasteiger partial charge in [0.1, 0.15) is 18.1 Å². The minimum Gasteiger partial charge on any atom is -0.481 e. The van der Waals surface area contributed by atoms with Crippen molar-refractivity contribution in [3.8, 4) is 0 Å². The number of carboxylic acid groups (broad SMARTS) is 3. The molecule has 31 heavy (non-hydrogen) atoms. The molecule has 0 aromatic heterocycles. The van der Waals surface area contributed by atoms with Crippen LogP contribution in [0.25, 0.3) is 0 Å². The van der Waals surface area contributed by atoms with Gasteiger partial charge in [-0.1, -0.05) is 13.8 Å². The van der Waals surface area contributed by atoms with Gasteiger partial charge in [0, 0.05) is 6.42 Å². The van der Waals surface area contributed by atoms with Crippen LogP contribution in [-0.4, -0.2) is 75.1 Å². The van der Waals surface area contributed by atoms with Crippen LogP contribution in [0, 0.1) is 5.92 Å². The van der Waals surface area contributed by atoms with Gasteiger partial charge in [-0.15, -0.1) is 0 Å². The summed E-state index contributed by atoms with van der Waals surface area (Å²) in [6.07, 6.45) is -1.51. The fourth-order valence-electron chi connectivity index (χ4n) is 2.46. The summed E-state index contributed by atoms with van der Waals surface area (Å²) < 4.78 is 0. The van der Waals surface area contributed by atoms with Crippen molar-refractivity contribution in [3.63, 3.8) is 0 Å². The van der Waals surface area contributed by atoms with E-state index in [1.54, 1.807) is 13.8 Å². The topological polar surface area (TPSA) is 225 Å². The van der Waals surface area contributed by atoms with E-state index in [0.29, 0.717) is 0 Å². The van der Waals surface area contributed by atoms with Gasteiger partial charge in [-0.25, -0.2) is 4.79 Å². The Labute approximate surface area is 178 Å². The van der Waals surface area contributed by atoms with Crippen molar-refractivity contribution in [2.75, 3.05) is 0 Å². The van der Waals surface area contributed by atoms with Crippen LogP contribution in [0.1, 0.15) is 46.5 Å². The lowest BCUT2D eigenvalue weighted by Gasteiger charge is -2.25. The largest absolute Gasteiger partial charge is 0.481 e. The van der Waals surface area contributed by atoms with Crippen LogP contribution in [0.5, 0.6) is 0 Å². The first-order valence-corrected chi connectivity index (χ1v) is 9.57. The maximum atomic E-state index is 12.7. The van der Waals surface area contributed by atoms with Crippen molar-refractivity contribution in [2.45, 2.75) is 70.6 Å². The summed E-state index contributed by atoms with van der Waals surface area (Å²) in [4.78, 5) is 69.9. The third kappa shape index (κ3) is 11.5. The first-order valence-electron chi connectivity index (χ1n) is 9.57. The highest BCUT2D eigenvalue weighted by molar-refractivity contribution is 5.94. The van der Waals surface area contributed by atoms with Crippen molar-refractivity contribution >= 4 is 35.6 Å². The third-order valence-electron chi connectivity index (χ3n) is 4.03. The molecule has 0 saturated heterocycles. The van der Waals surface area contributed by atoms with Crippen LogP contribution in [-0.2, 0) is 28.8 Å². The summed E-state index contributed by atoms with van der Waals surface area (Å²) in [6.45, 7) is 4.83. The Morgan fingerprint density at radius 1 is 0.742 bits per heavy atom. The predicted molar refractivity (Wildman–Crippen MR) is 106 cm³/mol. The van der Waals surface area contributed by atoms with Crippen molar-refractivity contribution < 1.29 is 44.1 Å². The fourth-order valence-corrected chi connectivity index (χ4v) is 2.46. The molecule has 4 unspecified atom stereocenters. The maximum absolute atomic E-state index is 12.7. The number of hydrogen-bond donors (Lipinski definition) is 7. The minimum atomic E-state index is -1.71. The Kier molecular flexibility index (Phi) is 11.8. The molecule has 0 aromatic carbocycles. The van der Waals surface area contributed by atoms with Crippen LogP contribution >= 0.6 is 0 Å². The molecule has 0 aliphatic heterocycles. The first-order chi connectivity index (χ1) is 14.2. The molecule has 0 fully saturated rings. The summed E-state index contributed by atoms with van der Waals surface area (Å²) in [5.74, 6) is -6.83. The molecule has 0 aliphatic carbocycles. The number of carboxylic acids is 3. The van der Waals surface area contributed by atoms with E-state index in [4.69, 9.17) is 21.1 Å². The van der Waals surface area contributed by atoms with Crippen molar-refractivity contribution in [1.82, 2.24) is 16.0 Å². The predicted octanol–water partition coefficient (Wildman–Crippen LogP) is -1.74. The first kappa shape index (κ1) is 27.8. The number of aliphatic carboxylic acids is 3. The lowest BCUT2D eigenvalue weighted by molar-refractivity contribution is -0.147. The Bertz CT molecular complexity index is 694. The van der Waals surface area contributed by atoms with Gasteiger partial charge >= 0.3 is 17.9 Å². The zero-order valence-corrected chi connectivity index (χ0v) is 17.6. The van der Waals surface area contributed by atoms with Gasteiger partial charge < -0.3 is 37.0 Å². The van der Waals surface area contributed by atoms with Gasteiger partial charge in [0.2, 0.25) is 17.7 Å². The molecule has 0 heterocycles. The number of hydrogen-bond acceptors (Lipinski definition) is 7. The Balaban J connectivity index is 5.49. The molecule has 13 nitrogen and oxygen atoms in total. The average molecular weight is 446 g/mol. The standard InChI is InChI=1S/C18H30N4O9/c1-8(2)6-11(17(29)22-12(18(30)31)7-14(25)26)21-16(28)10(4-5-13(23)24)20-15(27)9(3)19/h8-12H,4-7,19H2,1-3H3,(H,20,27)(H,21,28)(H,22,29)(H,23,24)(H,25,26)(H,30,31). The number of carbonyl (C=O) groups is 6. The summed E-state index contributed by atoms with van der Waals surface area (Å²) in [5, 5.41) is 33.5. The minimum absolute atomic E-state index is 0.0733. The molecule has 4 atom stereocenters. The molecule has 8 N–H and O–H groups in total. The lowest BCUT2D eigenvalue weighted by Crippen LogP contribution is -2.57. The molecule has 13 heteroatoms. The van der Waals surface area contributed by atoms with Gasteiger partial charge in [-0.05, 0) is 25.7 Å². The summed E-state index contributed by atoms with van der Waals surface area (Å²) in [7, 11) is 0. The molecule has 0 spiro atoms. The quantitative estimate of drug-likeness (QED) is 0.159. The van der Waals surface area contributed by atoms with Gasteiger partial charge in [0.25, 0.3) is 0 Å². The molecular formula is C18H30N4O9. The van der Waals surface area contributed by atoms with E-state index in [2.05, 4.69) is 16.0 Å². The van der Waals surface area contributed by atoms with Gasteiger partial charge in [-0.3, -0.25) is 24.0 Å². The highest BCUT2D eigenvalue weighted by atomic mass is 16.4. The SMILES string of the molecule is CC(C)CC(NC(=O)C(CCC(=O)O)NC(=O)C(C)N)C(=O)NC(CC(=O)O)C(=O)O. The second kappa shape index (κ2) is 13.2. The van der Waals surface area contributed by atoms with E-state index in [0.717, 1.165) is 0 Å². The van der Waals surface area contributed by atoms with Crippen molar-refractivity contribution in [2.24, 2.45) is 11.7 Å². The average Bonchev–Trinajstić information content (AvgIpc) is 2.62. The second-order valence-electron chi connectivity index (χ2n) is 7.47. The van der Waals surface area contributed by atoms with Crippen molar-refractivity contribution in [1.29, 1.82) is 0 Å². The summed E-state index contributed by atoms with van der Waals surface area (Å²) in [6, 6.07) is -5.23. The molecule has 0 aromatic rings. The number of nitrogens with one attached hydrogen (secondary N) is 3. The Hall–Kier alpha value is -3.22. The normalized spacial score (nSPS) is 14.6. The van der Waals surface area contributed by atoms with Crippen LogP contribution in [0.4, 0.5) is 0 Å². The molecule has 0 saturated carbocycles. The zero-order valence-electron chi connectivity index (χ0n) is 17.6. The number of nitrogens with two attached hydrogens (primary N) is 1. The van der Waals surface area contributed by atoms with Crippen LogP contribution < -0.4 is 21.7 Å². The van der Waals surface area contributed by atoms with E-state index in [9.17, 15) is 28.8 Å². The van der Waals surface area contributed by atoms with E-state index in [-0.39, 0.29) is 18.8 Å². The van der Waals surface area contributed by atoms with Crippen molar-refractivity contribution in [3.05, 3.63) is 0 Å². The molecule has 0 bridgehead atoms. The van der Waals surface area contributed by atoms with Gasteiger partial charge in [-0.2, -0.15) is 0 Å². The van der Waals surface area contributed by atoms with Gasteiger partial charge in [0.05, 0.1) is 12.5 Å². The fraction of sp³-hybridized carbons (Fsp3) is 0.667. The monoisotopic (exact) mass is 446 g/mol. The second-order valence-corrected chi connectivity index (χ2v) is 7.47. The molecule has 0 radical (unpaired) electrons. The Morgan fingerprint density at radius 2 is 1.23 bits per heavy atom. The Morgan fingerprint density at radius 3 is 1.65 bits per heavy atom. The van der Waals surface area contributed by atoms with Crippen LogP contribution in [0.15, 0.2) is 0 Å². The third-order valence-corrected chi connectivity index (χ3v) is 4.03. The molecule has 3 amide bonds. The highest BCUT2D eigenvalue weighted by Gasteiger charge is 2.31. The smallest absolute Gasteiger partial charge is 0.326 e. The number of carbonyl (C=O) groups excluding carboxylic acids is 3. The molecule has 176 valence electrons. The number of rotatable bonds is 14. The van der Waals surface area contributed by atoms with E-state index in [1.165, 1.54) is 6.92 Å². The highest BCUT2D eigenvalue weighted by Crippen LogP contribution is 2.08. The van der Waals surface area contributed by atoms with E-state index < -0.39 is 72.6 Å². The zero-order chi connectivity index (χ0) is 24.3. The van der Waals surface area contributed by atoms with Crippen LogP contribution in [0.2, 0.25) is 0 Å². The molecule has 0 rings (SSSR count). The van der Waals surface area contributed by atoms with Gasteiger partial charge in [0.15, 0.2) is 0 Å². The summed E-state index contributed by atoms with van der Waals surface area (Å²) in [5.41, 5.74) is 5.45. The van der Waals surface area contributed by atoms with E-state index >= 15 is 0 Å². The van der Waals surface area contributed by atoms with E-state index in [1.807, 2.05) is 0 Å². The summed E-state index contributed by atoms with van der Waals surface area (Å²) >= 11 is 0. The number of amides is 3. The molecule has 0 aliphatic rings. The van der Waals surface area contributed by atoms with Crippen LogP contribution in [0.3, 0.4) is 0 Å². The molecular weight excluding hydrogens is 416 g/mol. The maximum Gasteiger partial charge on any atom is 0.326 e. The lowest BCUT2D eigenvalue weighted by atomic mass is 10.0.